The predicted molar refractivity (Wildman–Crippen MR) is 195 cm³/mol. The molecule has 14 nitrogen and oxygen atoms in total. The largest absolute Gasteiger partial charge is 0.480 e. The molecule has 2 aromatic carbocycles. The third kappa shape index (κ3) is 15.3. The van der Waals surface area contributed by atoms with Crippen molar-refractivity contribution in [1.29, 1.82) is 0 Å². The maximum Gasteiger partial charge on any atom is 0.336 e. The number of carbonyl (C=O) groups excluding carboxylic acids is 5. The van der Waals surface area contributed by atoms with Gasteiger partial charge in [-0.2, -0.15) is 0 Å². The third-order valence-corrected chi connectivity index (χ3v) is 8.74. The molecule has 0 aromatic heterocycles. The van der Waals surface area contributed by atoms with Gasteiger partial charge < -0.3 is 42.2 Å². The van der Waals surface area contributed by atoms with E-state index in [0.717, 1.165) is 11.1 Å². The quantitative estimate of drug-likeness (QED) is 0.0552. The van der Waals surface area contributed by atoms with Crippen LogP contribution in [0, 0.1) is 11.8 Å². The topological polar surface area (TPSA) is 218 Å². The van der Waals surface area contributed by atoms with Crippen LogP contribution in [0.5, 0.6) is 0 Å². The number of amides is 3. The molecule has 1 aliphatic heterocycles. The van der Waals surface area contributed by atoms with Crippen LogP contribution in [0.3, 0.4) is 0 Å². The van der Waals surface area contributed by atoms with E-state index in [2.05, 4.69) is 26.6 Å². The standard InChI is InChI=1S/C38H54N6O8/c1-25(2)21-31(35(48)42-30(15-9-10-18-41-24-33(45)46)38(51)52-37(50)28-16-19-40-20-17-28)44-36(49)32(23-27-13-7-4-8-14-27)43-34(47)29(39)22-26-11-5-3-6-12-26/h3-8,11-14,25,28-32,40-41H,9-10,15-24,39H2,1-2H3,(H,42,48)(H,43,47)(H,44,49)(H,45,46)/t29-,30-,31-,32-/m1/s1. The van der Waals surface area contributed by atoms with Gasteiger partial charge in [-0.25, -0.2) is 4.79 Å². The second-order valence-electron chi connectivity index (χ2n) is 13.6. The van der Waals surface area contributed by atoms with Crippen molar-refractivity contribution in [2.24, 2.45) is 17.6 Å². The number of piperidine rings is 1. The number of unbranched alkanes of at least 4 members (excludes halogenated alkanes) is 1. The van der Waals surface area contributed by atoms with E-state index in [1.807, 2.05) is 74.5 Å². The van der Waals surface area contributed by atoms with E-state index in [-0.39, 0.29) is 38.1 Å². The van der Waals surface area contributed by atoms with Crippen LogP contribution >= 0.6 is 0 Å². The number of hydrogen-bond acceptors (Lipinski definition) is 10. The Morgan fingerprint density at radius 2 is 1.35 bits per heavy atom. The van der Waals surface area contributed by atoms with Crippen LogP contribution in [0.4, 0.5) is 0 Å². The smallest absolute Gasteiger partial charge is 0.336 e. The Morgan fingerprint density at radius 1 is 0.788 bits per heavy atom. The minimum absolute atomic E-state index is 0.0512. The van der Waals surface area contributed by atoms with Gasteiger partial charge in [0.15, 0.2) is 0 Å². The van der Waals surface area contributed by atoms with E-state index < -0.39 is 65.7 Å². The number of esters is 2. The summed E-state index contributed by atoms with van der Waals surface area (Å²) in [6.45, 7) is 5.16. The van der Waals surface area contributed by atoms with Crippen LogP contribution in [0.2, 0.25) is 0 Å². The number of benzene rings is 2. The van der Waals surface area contributed by atoms with Gasteiger partial charge in [-0.15, -0.1) is 0 Å². The molecule has 1 heterocycles. The van der Waals surface area contributed by atoms with Crippen LogP contribution in [0.15, 0.2) is 60.7 Å². The molecule has 8 N–H and O–H groups in total. The highest BCUT2D eigenvalue weighted by Gasteiger charge is 2.33. The Hall–Kier alpha value is -4.66. The number of carbonyl (C=O) groups is 6. The molecule has 1 aliphatic rings. The Kier molecular flexibility index (Phi) is 17.9. The van der Waals surface area contributed by atoms with Crippen molar-refractivity contribution in [2.75, 3.05) is 26.2 Å². The molecule has 14 heteroatoms. The van der Waals surface area contributed by atoms with E-state index in [1.54, 1.807) is 0 Å². The number of nitrogens with one attached hydrogen (secondary N) is 5. The number of carboxylic acids is 1. The average molecular weight is 723 g/mol. The molecule has 0 unspecified atom stereocenters. The first-order valence-electron chi connectivity index (χ1n) is 18.1. The van der Waals surface area contributed by atoms with Crippen LogP contribution in [0.1, 0.15) is 63.5 Å². The highest BCUT2D eigenvalue weighted by Crippen LogP contribution is 2.16. The van der Waals surface area contributed by atoms with Gasteiger partial charge in [-0.3, -0.25) is 24.0 Å². The molecule has 52 heavy (non-hydrogen) atoms. The lowest BCUT2D eigenvalue weighted by molar-refractivity contribution is -0.165. The van der Waals surface area contributed by atoms with E-state index in [0.29, 0.717) is 45.3 Å². The van der Waals surface area contributed by atoms with Crippen molar-refractivity contribution in [3.05, 3.63) is 71.8 Å². The first-order chi connectivity index (χ1) is 24.9. The van der Waals surface area contributed by atoms with Crippen LogP contribution in [-0.2, 0) is 46.3 Å². The van der Waals surface area contributed by atoms with Gasteiger partial charge in [0.1, 0.15) is 18.1 Å². The summed E-state index contributed by atoms with van der Waals surface area (Å²) in [5.41, 5.74) is 7.89. The van der Waals surface area contributed by atoms with E-state index in [9.17, 15) is 28.8 Å². The summed E-state index contributed by atoms with van der Waals surface area (Å²) in [7, 11) is 0. The molecule has 0 radical (unpaired) electrons. The number of ether oxygens (including phenoxy) is 1. The van der Waals surface area contributed by atoms with Crippen molar-refractivity contribution in [3.63, 3.8) is 0 Å². The Bertz CT molecular complexity index is 1450. The van der Waals surface area contributed by atoms with Gasteiger partial charge in [-0.05, 0) is 81.6 Å². The molecule has 0 saturated carbocycles. The maximum absolute atomic E-state index is 13.9. The highest BCUT2D eigenvalue weighted by atomic mass is 16.6. The van der Waals surface area contributed by atoms with E-state index in [1.165, 1.54) is 0 Å². The normalized spacial score (nSPS) is 15.5. The minimum Gasteiger partial charge on any atom is -0.480 e. The number of nitrogens with two attached hydrogens (primary N) is 1. The number of rotatable bonds is 21. The lowest BCUT2D eigenvalue weighted by atomic mass is 9.98. The van der Waals surface area contributed by atoms with Crippen LogP contribution < -0.4 is 32.3 Å². The average Bonchev–Trinajstić information content (AvgIpc) is 3.12. The summed E-state index contributed by atoms with van der Waals surface area (Å²) >= 11 is 0. The van der Waals surface area contributed by atoms with Gasteiger partial charge in [0, 0.05) is 6.42 Å². The summed E-state index contributed by atoms with van der Waals surface area (Å²) in [5, 5.41) is 23.1. The maximum atomic E-state index is 13.9. The summed E-state index contributed by atoms with van der Waals surface area (Å²) < 4.78 is 5.26. The first kappa shape index (κ1) is 41.8. The molecule has 0 bridgehead atoms. The molecule has 3 rings (SSSR count). The zero-order valence-corrected chi connectivity index (χ0v) is 30.1. The molecule has 2 aromatic rings. The molecule has 1 fully saturated rings. The van der Waals surface area contributed by atoms with Gasteiger partial charge >= 0.3 is 17.9 Å². The number of hydrogen-bond donors (Lipinski definition) is 7. The summed E-state index contributed by atoms with van der Waals surface area (Å²) in [4.78, 5) is 77.9. The molecule has 284 valence electrons. The fraction of sp³-hybridized carbons (Fsp3) is 0.526. The van der Waals surface area contributed by atoms with Crippen molar-refractivity contribution >= 4 is 35.6 Å². The fourth-order valence-corrected chi connectivity index (χ4v) is 5.90. The van der Waals surface area contributed by atoms with Crippen molar-refractivity contribution in [3.8, 4) is 0 Å². The molecular weight excluding hydrogens is 668 g/mol. The lowest BCUT2D eigenvalue weighted by Crippen LogP contribution is -2.58. The monoisotopic (exact) mass is 722 g/mol. The summed E-state index contributed by atoms with van der Waals surface area (Å²) in [6, 6.07) is 14.1. The molecular formula is C38H54N6O8. The van der Waals surface area contributed by atoms with Crippen LogP contribution in [-0.4, -0.2) is 91.1 Å². The first-order valence-corrected chi connectivity index (χ1v) is 18.1. The highest BCUT2D eigenvalue weighted by molar-refractivity contribution is 5.96. The van der Waals surface area contributed by atoms with Gasteiger partial charge in [0.25, 0.3) is 0 Å². The Morgan fingerprint density at radius 3 is 1.94 bits per heavy atom. The molecule has 0 spiro atoms. The summed E-state index contributed by atoms with van der Waals surface area (Å²) in [5.74, 6) is -4.80. The van der Waals surface area contributed by atoms with Gasteiger partial charge in [0.05, 0.1) is 18.5 Å². The SMILES string of the molecule is CC(C)C[C@@H](NC(=O)[C@@H](Cc1ccccc1)NC(=O)[C@H](N)Cc1ccccc1)C(=O)N[C@H](CCCCNCC(=O)O)C(=O)OC(=O)C1CCNCC1. The fourth-order valence-electron chi connectivity index (χ4n) is 5.90. The minimum atomic E-state index is -1.19. The molecule has 1 saturated heterocycles. The number of aliphatic carboxylic acids is 1. The molecule has 4 atom stereocenters. The summed E-state index contributed by atoms with van der Waals surface area (Å²) in [6.07, 6.45) is 2.68. The lowest BCUT2D eigenvalue weighted by Gasteiger charge is -2.27. The van der Waals surface area contributed by atoms with Crippen molar-refractivity contribution in [2.45, 2.75) is 89.4 Å². The second-order valence-corrected chi connectivity index (χ2v) is 13.6. The molecule has 0 aliphatic carbocycles. The van der Waals surface area contributed by atoms with Crippen molar-refractivity contribution < 1.29 is 38.6 Å². The Balaban J connectivity index is 1.74. The zero-order chi connectivity index (χ0) is 37.9. The number of carboxylic acid groups (broad SMARTS) is 1. The Labute approximate surface area is 305 Å². The van der Waals surface area contributed by atoms with Gasteiger partial charge in [0.2, 0.25) is 17.7 Å². The predicted octanol–water partition coefficient (Wildman–Crippen LogP) is 1.21. The van der Waals surface area contributed by atoms with E-state index >= 15 is 0 Å². The van der Waals surface area contributed by atoms with Gasteiger partial charge in [-0.1, -0.05) is 74.5 Å². The zero-order valence-electron chi connectivity index (χ0n) is 30.1. The van der Waals surface area contributed by atoms with Crippen LogP contribution in [0.25, 0.3) is 0 Å². The second kappa shape index (κ2) is 22.3. The third-order valence-electron chi connectivity index (χ3n) is 8.74. The van der Waals surface area contributed by atoms with E-state index in [4.69, 9.17) is 15.6 Å². The molecule has 3 amide bonds. The van der Waals surface area contributed by atoms with Crippen molar-refractivity contribution in [1.82, 2.24) is 26.6 Å².